The fraction of sp³-hybridized carbons (Fsp3) is 0.769. The third-order valence-electron chi connectivity index (χ3n) is 3.60. The van der Waals surface area contributed by atoms with Crippen molar-refractivity contribution in [2.24, 2.45) is 0 Å². The minimum absolute atomic E-state index is 0.309. The first-order chi connectivity index (χ1) is 8.12. The van der Waals surface area contributed by atoms with E-state index in [1.807, 2.05) is 13.1 Å². The van der Waals surface area contributed by atoms with Crippen LogP contribution in [0.4, 0.5) is 4.39 Å². The molecule has 0 saturated carbocycles. The molecule has 1 aromatic heterocycles. The highest BCUT2D eigenvalue weighted by atomic mass is 19.1. The maximum atomic E-state index is 14.7. The first-order valence-electron chi connectivity index (χ1n) is 6.57. The molecule has 17 heavy (non-hydrogen) atoms. The molecular formula is C13H22FN3. The van der Waals surface area contributed by atoms with E-state index >= 15 is 0 Å². The molecule has 0 amide bonds. The van der Waals surface area contributed by atoms with Crippen LogP contribution in [0.3, 0.4) is 0 Å². The number of hydrogen-bond donors (Lipinski definition) is 1. The average molecular weight is 239 g/mol. The number of nitrogens with one attached hydrogen (secondary N) is 1. The smallest absolute Gasteiger partial charge is 0.137 e. The van der Waals surface area contributed by atoms with E-state index in [0.29, 0.717) is 18.0 Å². The number of nitrogens with zero attached hydrogens (tertiary/aromatic N) is 2. The molecule has 0 spiro atoms. The number of aryl methyl sites for hydroxylation is 1. The third kappa shape index (κ3) is 3.06. The molecule has 2 unspecified atom stereocenters. The first-order valence-corrected chi connectivity index (χ1v) is 6.57. The third-order valence-corrected chi connectivity index (χ3v) is 3.60. The molecule has 96 valence electrons. The van der Waals surface area contributed by atoms with Crippen molar-refractivity contribution in [2.75, 3.05) is 6.54 Å². The zero-order chi connectivity index (χ0) is 12.3. The Morgan fingerprint density at radius 2 is 2.41 bits per heavy atom. The summed E-state index contributed by atoms with van der Waals surface area (Å²) in [6, 6.07) is 0.309. The van der Waals surface area contributed by atoms with Gasteiger partial charge in [-0.1, -0.05) is 6.42 Å². The van der Waals surface area contributed by atoms with Crippen molar-refractivity contribution in [3.05, 3.63) is 18.0 Å². The minimum Gasteiger partial charge on any atom is -0.314 e. The second kappa shape index (κ2) is 5.17. The lowest BCUT2D eigenvalue weighted by atomic mass is 9.89. The minimum atomic E-state index is -1.28. The van der Waals surface area contributed by atoms with E-state index in [1.54, 1.807) is 17.8 Å². The second-order valence-electron chi connectivity index (χ2n) is 5.13. The van der Waals surface area contributed by atoms with E-state index in [9.17, 15) is 4.39 Å². The lowest BCUT2D eigenvalue weighted by Gasteiger charge is -2.29. The number of hydrogen-bond acceptors (Lipinski definition) is 2. The Bertz CT molecular complexity index is 353. The molecule has 1 aromatic rings. The highest BCUT2D eigenvalue weighted by Gasteiger charge is 2.31. The lowest BCUT2D eigenvalue weighted by molar-refractivity contribution is 0.146. The molecule has 1 saturated heterocycles. The average Bonchev–Trinajstić information content (AvgIpc) is 2.79. The summed E-state index contributed by atoms with van der Waals surface area (Å²) in [5, 5.41) is 7.55. The molecule has 1 aliphatic heterocycles. The normalized spacial score (nSPS) is 24.5. The molecule has 2 rings (SSSR count). The fourth-order valence-corrected chi connectivity index (χ4v) is 2.48. The van der Waals surface area contributed by atoms with Gasteiger partial charge in [-0.2, -0.15) is 5.10 Å². The maximum absolute atomic E-state index is 14.7. The Morgan fingerprint density at radius 1 is 1.59 bits per heavy atom. The van der Waals surface area contributed by atoms with Gasteiger partial charge in [-0.15, -0.1) is 0 Å². The van der Waals surface area contributed by atoms with Gasteiger partial charge in [-0.3, -0.25) is 4.68 Å². The monoisotopic (exact) mass is 239 g/mol. The molecule has 0 bridgehead atoms. The van der Waals surface area contributed by atoms with E-state index in [0.717, 1.165) is 19.5 Å². The molecule has 2 atom stereocenters. The number of piperidine rings is 1. The van der Waals surface area contributed by atoms with Crippen molar-refractivity contribution in [1.82, 2.24) is 15.1 Å². The second-order valence-corrected chi connectivity index (χ2v) is 5.13. The van der Waals surface area contributed by atoms with Gasteiger partial charge in [0.05, 0.1) is 6.20 Å². The molecule has 0 aliphatic carbocycles. The maximum Gasteiger partial charge on any atom is 0.137 e. The molecule has 1 fully saturated rings. The molecule has 4 heteroatoms. The van der Waals surface area contributed by atoms with Gasteiger partial charge in [0.25, 0.3) is 0 Å². The van der Waals surface area contributed by atoms with E-state index in [-0.39, 0.29) is 0 Å². The molecule has 1 aliphatic rings. The Kier molecular flexibility index (Phi) is 3.82. The van der Waals surface area contributed by atoms with Crippen LogP contribution in [0.15, 0.2) is 12.4 Å². The molecular weight excluding hydrogens is 217 g/mol. The molecule has 0 aromatic carbocycles. The Balaban J connectivity index is 2.01. The van der Waals surface area contributed by atoms with Crippen molar-refractivity contribution in [3.8, 4) is 0 Å². The van der Waals surface area contributed by atoms with Crippen LogP contribution in [0.2, 0.25) is 0 Å². The van der Waals surface area contributed by atoms with Gasteiger partial charge < -0.3 is 5.32 Å². The highest BCUT2D eigenvalue weighted by molar-refractivity contribution is 5.14. The topological polar surface area (TPSA) is 29.9 Å². The van der Waals surface area contributed by atoms with E-state index in [4.69, 9.17) is 0 Å². The van der Waals surface area contributed by atoms with Gasteiger partial charge in [-0.25, -0.2) is 4.39 Å². The lowest BCUT2D eigenvalue weighted by Crippen LogP contribution is -2.38. The van der Waals surface area contributed by atoms with Crippen molar-refractivity contribution in [2.45, 2.75) is 57.8 Å². The standard InChI is InChI=1S/C13H22FN3/c1-3-17-10-11(9-16-17)13(2,14)8-12-6-4-5-7-15-12/h9-10,12,15H,3-8H2,1-2H3. The summed E-state index contributed by atoms with van der Waals surface area (Å²) in [6.07, 6.45) is 7.54. The van der Waals surface area contributed by atoms with E-state index < -0.39 is 5.67 Å². The van der Waals surface area contributed by atoms with Gasteiger partial charge in [0.1, 0.15) is 5.67 Å². The van der Waals surface area contributed by atoms with Crippen molar-refractivity contribution < 1.29 is 4.39 Å². The van der Waals surface area contributed by atoms with Crippen LogP contribution in [-0.2, 0) is 12.2 Å². The predicted octanol–water partition coefficient (Wildman–Crippen LogP) is 2.62. The summed E-state index contributed by atoms with van der Waals surface area (Å²) in [5.74, 6) is 0. The summed E-state index contributed by atoms with van der Waals surface area (Å²) >= 11 is 0. The van der Waals surface area contributed by atoms with Crippen LogP contribution in [0.25, 0.3) is 0 Å². The number of rotatable bonds is 4. The molecule has 0 radical (unpaired) electrons. The fourth-order valence-electron chi connectivity index (χ4n) is 2.48. The number of alkyl halides is 1. The first kappa shape index (κ1) is 12.6. The quantitative estimate of drug-likeness (QED) is 0.875. The van der Waals surface area contributed by atoms with E-state index in [2.05, 4.69) is 10.4 Å². The summed E-state index contributed by atoms with van der Waals surface area (Å²) < 4.78 is 16.4. The number of aromatic nitrogens is 2. The molecule has 3 nitrogen and oxygen atoms in total. The summed E-state index contributed by atoms with van der Waals surface area (Å²) in [7, 11) is 0. The van der Waals surface area contributed by atoms with Crippen LogP contribution in [0, 0.1) is 0 Å². The van der Waals surface area contributed by atoms with Crippen molar-refractivity contribution in [3.63, 3.8) is 0 Å². The van der Waals surface area contributed by atoms with Gasteiger partial charge in [0.15, 0.2) is 0 Å². The predicted molar refractivity (Wildman–Crippen MR) is 66.6 cm³/mol. The van der Waals surface area contributed by atoms with Crippen LogP contribution in [0.1, 0.15) is 45.1 Å². The number of halogens is 1. The van der Waals surface area contributed by atoms with Crippen LogP contribution in [-0.4, -0.2) is 22.4 Å². The summed E-state index contributed by atoms with van der Waals surface area (Å²) in [4.78, 5) is 0. The van der Waals surface area contributed by atoms with Gasteiger partial charge in [0, 0.05) is 30.8 Å². The van der Waals surface area contributed by atoms with Crippen LogP contribution >= 0.6 is 0 Å². The summed E-state index contributed by atoms with van der Waals surface area (Å²) in [6.45, 7) is 5.49. The van der Waals surface area contributed by atoms with Crippen molar-refractivity contribution >= 4 is 0 Å². The molecule has 2 heterocycles. The van der Waals surface area contributed by atoms with Gasteiger partial charge in [-0.05, 0) is 33.2 Å². The Hall–Kier alpha value is -0.900. The molecule has 1 N–H and O–H groups in total. The van der Waals surface area contributed by atoms with Crippen LogP contribution in [0.5, 0.6) is 0 Å². The zero-order valence-electron chi connectivity index (χ0n) is 10.7. The van der Waals surface area contributed by atoms with Gasteiger partial charge in [0.2, 0.25) is 0 Å². The Morgan fingerprint density at radius 3 is 3.00 bits per heavy atom. The van der Waals surface area contributed by atoms with Crippen molar-refractivity contribution in [1.29, 1.82) is 0 Å². The highest BCUT2D eigenvalue weighted by Crippen LogP contribution is 2.32. The van der Waals surface area contributed by atoms with Gasteiger partial charge >= 0.3 is 0 Å². The largest absolute Gasteiger partial charge is 0.314 e. The van der Waals surface area contributed by atoms with E-state index in [1.165, 1.54) is 12.8 Å². The van der Waals surface area contributed by atoms with Crippen LogP contribution < -0.4 is 5.32 Å². The Labute approximate surface area is 102 Å². The zero-order valence-corrected chi connectivity index (χ0v) is 10.7. The SMILES string of the molecule is CCn1cc(C(C)(F)CC2CCCCN2)cn1. The summed E-state index contributed by atoms with van der Waals surface area (Å²) in [5.41, 5.74) is -0.575.